The average molecular weight is 380 g/mol. The van der Waals surface area contributed by atoms with Crippen LogP contribution in [0.4, 0.5) is 0 Å². The largest absolute Gasteiger partial charge is 0.289 e. The third kappa shape index (κ3) is 4.85. The number of halogens is 1. The Balaban J connectivity index is 2.15. The van der Waals surface area contributed by atoms with Gasteiger partial charge in [-0.15, -0.1) is 5.10 Å². The molecule has 0 fully saturated rings. The molecule has 5 nitrogen and oxygen atoms in total. The normalized spacial score (nSPS) is 12.7. The van der Waals surface area contributed by atoms with E-state index >= 15 is 0 Å². The van der Waals surface area contributed by atoms with Crippen LogP contribution in [-0.4, -0.2) is 31.7 Å². The van der Waals surface area contributed by atoms with Gasteiger partial charge in [0.2, 0.25) is 0 Å². The Kier molecular flexibility index (Phi) is 7.17. The van der Waals surface area contributed by atoms with Gasteiger partial charge in [-0.25, -0.2) is 4.68 Å². The van der Waals surface area contributed by atoms with Crippen LogP contribution in [0.25, 0.3) is 0 Å². The van der Waals surface area contributed by atoms with Crippen molar-refractivity contribution in [1.29, 1.82) is 0 Å². The zero-order valence-electron chi connectivity index (χ0n) is 14.2. The minimum absolute atomic E-state index is 0.307. The number of tetrazole rings is 1. The van der Waals surface area contributed by atoms with E-state index in [1.165, 1.54) is 5.56 Å². The summed E-state index contributed by atoms with van der Waals surface area (Å²) in [4.78, 5) is 2.44. The van der Waals surface area contributed by atoms with Crippen LogP contribution in [0.2, 0.25) is 0 Å². The highest BCUT2D eigenvalue weighted by atomic mass is 79.9. The van der Waals surface area contributed by atoms with E-state index < -0.39 is 0 Å². The minimum atomic E-state index is 0.307. The molecule has 1 aromatic carbocycles. The molecule has 0 radical (unpaired) electrons. The standard InChI is InChI=1S/C17H26BrN5/c1-4-6-12-23-17(19-20-21-23)13-22(11-5-2)14(3)15-9-7-8-10-16(15)18/h7-10,14H,4-6,11-13H2,1-3H3. The van der Waals surface area contributed by atoms with Crippen molar-refractivity contribution < 1.29 is 0 Å². The highest BCUT2D eigenvalue weighted by Gasteiger charge is 2.20. The maximum Gasteiger partial charge on any atom is 0.165 e. The highest BCUT2D eigenvalue weighted by molar-refractivity contribution is 9.10. The van der Waals surface area contributed by atoms with Gasteiger partial charge in [0, 0.05) is 17.1 Å². The van der Waals surface area contributed by atoms with Gasteiger partial charge in [0.05, 0.1) is 6.54 Å². The van der Waals surface area contributed by atoms with Crippen LogP contribution in [0.1, 0.15) is 57.5 Å². The van der Waals surface area contributed by atoms with E-state index in [0.29, 0.717) is 6.04 Å². The summed E-state index contributed by atoms with van der Waals surface area (Å²) in [6.07, 6.45) is 3.35. The summed E-state index contributed by atoms with van der Waals surface area (Å²) in [7, 11) is 0. The Bertz CT molecular complexity index is 598. The zero-order valence-corrected chi connectivity index (χ0v) is 15.8. The van der Waals surface area contributed by atoms with Crippen LogP contribution >= 0.6 is 15.9 Å². The van der Waals surface area contributed by atoms with Crippen molar-refractivity contribution >= 4 is 15.9 Å². The van der Waals surface area contributed by atoms with E-state index in [1.54, 1.807) is 0 Å². The second-order valence-corrected chi connectivity index (χ2v) is 6.69. The highest BCUT2D eigenvalue weighted by Crippen LogP contribution is 2.28. The molecule has 23 heavy (non-hydrogen) atoms. The maximum absolute atomic E-state index is 4.24. The molecule has 0 spiro atoms. The summed E-state index contributed by atoms with van der Waals surface area (Å²) in [6, 6.07) is 8.72. The van der Waals surface area contributed by atoms with Gasteiger partial charge >= 0.3 is 0 Å². The second kappa shape index (κ2) is 9.13. The molecule has 0 aliphatic rings. The first-order valence-corrected chi connectivity index (χ1v) is 9.20. The second-order valence-electron chi connectivity index (χ2n) is 5.84. The van der Waals surface area contributed by atoms with E-state index in [0.717, 1.165) is 49.2 Å². The van der Waals surface area contributed by atoms with Gasteiger partial charge in [-0.2, -0.15) is 0 Å². The van der Waals surface area contributed by atoms with Gasteiger partial charge in [-0.3, -0.25) is 4.90 Å². The predicted molar refractivity (Wildman–Crippen MR) is 96.0 cm³/mol. The summed E-state index contributed by atoms with van der Waals surface area (Å²) in [5.41, 5.74) is 1.30. The Morgan fingerprint density at radius 2 is 2.00 bits per heavy atom. The molecular weight excluding hydrogens is 354 g/mol. The van der Waals surface area contributed by atoms with Gasteiger partial charge in [-0.1, -0.05) is 54.4 Å². The molecular formula is C17H26BrN5. The van der Waals surface area contributed by atoms with Gasteiger partial charge in [0.1, 0.15) is 0 Å². The van der Waals surface area contributed by atoms with Crippen LogP contribution in [0.5, 0.6) is 0 Å². The van der Waals surface area contributed by atoms with Crippen molar-refractivity contribution in [1.82, 2.24) is 25.1 Å². The molecule has 0 saturated heterocycles. The molecule has 0 aliphatic heterocycles. The Morgan fingerprint density at radius 3 is 2.70 bits per heavy atom. The van der Waals surface area contributed by atoms with Crippen molar-refractivity contribution in [3.8, 4) is 0 Å². The lowest BCUT2D eigenvalue weighted by Gasteiger charge is -2.29. The monoisotopic (exact) mass is 379 g/mol. The molecule has 0 bridgehead atoms. The number of nitrogens with zero attached hydrogens (tertiary/aromatic N) is 5. The summed E-state index contributed by atoms with van der Waals surface area (Å²) >= 11 is 3.67. The number of hydrogen-bond acceptors (Lipinski definition) is 4. The molecule has 1 atom stereocenters. The number of aryl methyl sites for hydroxylation is 1. The number of hydrogen-bond donors (Lipinski definition) is 0. The Hall–Kier alpha value is -1.27. The Morgan fingerprint density at radius 1 is 1.22 bits per heavy atom. The van der Waals surface area contributed by atoms with E-state index in [9.17, 15) is 0 Å². The maximum atomic E-state index is 4.24. The topological polar surface area (TPSA) is 46.8 Å². The number of unbranched alkanes of at least 4 members (excludes halogenated alkanes) is 1. The molecule has 6 heteroatoms. The van der Waals surface area contributed by atoms with Gasteiger partial charge < -0.3 is 0 Å². The van der Waals surface area contributed by atoms with Crippen molar-refractivity contribution in [3.63, 3.8) is 0 Å². The molecule has 1 unspecified atom stereocenters. The van der Waals surface area contributed by atoms with Crippen molar-refractivity contribution in [2.45, 2.75) is 59.2 Å². The van der Waals surface area contributed by atoms with E-state index in [4.69, 9.17) is 0 Å². The van der Waals surface area contributed by atoms with Crippen molar-refractivity contribution in [2.75, 3.05) is 6.54 Å². The third-order valence-corrected chi connectivity index (χ3v) is 4.81. The first kappa shape index (κ1) is 18.1. The van der Waals surface area contributed by atoms with Crippen molar-refractivity contribution in [3.05, 3.63) is 40.1 Å². The molecule has 1 heterocycles. The number of aromatic nitrogens is 4. The molecule has 1 aromatic heterocycles. The summed E-state index contributed by atoms with van der Waals surface area (Å²) in [5, 5.41) is 12.2. The molecule has 0 N–H and O–H groups in total. The molecule has 0 saturated carbocycles. The van der Waals surface area contributed by atoms with Crippen LogP contribution in [0, 0.1) is 0 Å². The lowest BCUT2D eigenvalue weighted by molar-refractivity contribution is 0.192. The minimum Gasteiger partial charge on any atom is -0.289 e. The fourth-order valence-corrected chi connectivity index (χ4v) is 3.32. The smallest absolute Gasteiger partial charge is 0.165 e. The Labute approximate surface area is 147 Å². The predicted octanol–water partition coefficient (Wildman–Crippen LogP) is 4.21. The number of rotatable bonds is 9. The zero-order chi connectivity index (χ0) is 16.7. The van der Waals surface area contributed by atoms with E-state index in [-0.39, 0.29) is 0 Å². The summed E-state index contributed by atoms with van der Waals surface area (Å²) in [6.45, 7) is 9.32. The molecule has 2 rings (SSSR count). The van der Waals surface area contributed by atoms with Gasteiger partial charge in [-0.05, 0) is 48.4 Å². The first-order valence-electron chi connectivity index (χ1n) is 8.40. The van der Waals surface area contributed by atoms with Gasteiger partial charge in [0.15, 0.2) is 5.82 Å². The SMILES string of the molecule is CCCCn1nnnc1CN(CCC)C(C)c1ccccc1Br. The summed E-state index contributed by atoms with van der Waals surface area (Å²) < 4.78 is 3.10. The fourth-order valence-electron chi connectivity index (χ4n) is 2.71. The van der Waals surface area contributed by atoms with Crippen LogP contribution < -0.4 is 0 Å². The first-order chi connectivity index (χ1) is 11.2. The lowest BCUT2D eigenvalue weighted by atomic mass is 10.1. The van der Waals surface area contributed by atoms with Gasteiger partial charge in [0.25, 0.3) is 0 Å². The third-order valence-electron chi connectivity index (χ3n) is 4.09. The average Bonchev–Trinajstić information content (AvgIpc) is 2.99. The summed E-state index contributed by atoms with van der Waals surface area (Å²) in [5.74, 6) is 0.950. The molecule has 0 amide bonds. The van der Waals surface area contributed by atoms with E-state index in [1.807, 2.05) is 4.68 Å². The number of benzene rings is 1. The van der Waals surface area contributed by atoms with E-state index in [2.05, 4.69) is 81.4 Å². The molecule has 0 aliphatic carbocycles. The van der Waals surface area contributed by atoms with Crippen LogP contribution in [-0.2, 0) is 13.1 Å². The van der Waals surface area contributed by atoms with Crippen molar-refractivity contribution in [2.24, 2.45) is 0 Å². The quantitative estimate of drug-likeness (QED) is 0.654. The van der Waals surface area contributed by atoms with Crippen LogP contribution in [0.15, 0.2) is 28.7 Å². The molecule has 126 valence electrons. The lowest BCUT2D eigenvalue weighted by Crippen LogP contribution is -2.29. The van der Waals surface area contributed by atoms with Crippen LogP contribution in [0.3, 0.4) is 0 Å². The fraction of sp³-hybridized carbons (Fsp3) is 0.588. The molecule has 2 aromatic rings.